The third-order valence-corrected chi connectivity index (χ3v) is 4.78. The van der Waals surface area contributed by atoms with E-state index in [-0.39, 0.29) is 16.9 Å². The SMILES string of the molecule is CCC(C)(C)NC(=O)CN1CCC(C)(C(N)=S)CC1. The van der Waals surface area contributed by atoms with Gasteiger partial charge in [-0.3, -0.25) is 9.69 Å². The van der Waals surface area contributed by atoms with Gasteiger partial charge in [0, 0.05) is 11.0 Å². The number of nitrogens with two attached hydrogens (primary N) is 1. The molecule has 0 aromatic heterocycles. The first-order valence-electron chi connectivity index (χ1n) is 7.02. The van der Waals surface area contributed by atoms with E-state index in [1.54, 1.807) is 0 Å². The zero-order valence-electron chi connectivity index (χ0n) is 12.6. The van der Waals surface area contributed by atoms with Gasteiger partial charge in [0.25, 0.3) is 0 Å². The standard InChI is InChI=1S/C14H27N3OS/c1-5-13(2,3)16-11(18)10-17-8-6-14(4,7-9-17)12(15)19/h5-10H2,1-4H3,(H2,15,19)(H,16,18). The van der Waals surface area contributed by atoms with Crippen LogP contribution in [-0.2, 0) is 4.79 Å². The number of likely N-dealkylation sites (tertiary alicyclic amines) is 1. The van der Waals surface area contributed by atoms with Crippen LogP contribution in [0.1, 0.15) is 47.0 Å². The van der Waals surface area contributed by atoms with Crippen LogP contribution < -0.4 is 11.1 Å². The number of thiocarbonyl (C=S) groups is 1. The van der Waals surface area contributed by atoms with Crippen molar-refractivity contribution in [3.63, 3.8) is 0 Å². The average molecular weight is 285 g/mol. The molecule has 1 rings (SSSR count). The maximum Gasteiger partial charge on any atom is 0.234 e. The van der Waals surface area contributed by atoms with Crippen LogP contribution in [0.4, 0.5) is 0 Å². The van der Waals surface area contributed by atoms with Crippen LogP contribution in [0.25, 0.3) is 0 Å². The molecule has 0 bridgehead atoms. The molecule has 1 fully saturated rings. The van der Waals surface area contributed by atoms with Crippen LogP contribution in [0.2, 0.25) is 0 Å². The molecule has 0 unspecified atom stereocenters. The Morgan fingerprint density at radius 1 is 1.42 bits per heavy atom. The van der Waals surface area contributed by atoms with Crippen LogP contribution in [0.15, 0.2) is 0 Å². The summed E-state index contributed by atoms with van der Waals surface area (Å²) in [6.45, 7) is 10.5. The molecular weight excluding hydrogens is 258 g/mol. The van der Waals surface area contributed by atoms with Crippen molar-refractivity contribution in [2.75, 3.05) is 19.6 Å². The van der Waals surface area contributed by atoms with E-state index in [9.17, 15) is 4.79 Å². The van der Waals surface area contributed by atoms with Gasteiger partial charge in [-0.15, -0.1) is 0 Å². The van der Waals surface area contributed by atoms with E-state index in [0.29, 0.717) is 11.5 Å². The highest BCUT2D eigenvalue weighted by atomic mass is 32.1. The lowest BCUT2D eigenvalue weighted by molar-refractivity contribution is -0.124. The van der Waals surface area contributed by atoms with Crippen molar-refractivity contribution in [3.05, 3.63) is 0 Å². The maximum absolute atomic E-state index is 12.0. The van der Waals surface area contributed by atoms with E-state index in [1.807, 2.05) is 13.8 Å². The van der Waals surface area contributed by atoms with Gasteiger partial charge >= 0.3 is 0 Å². The van der Waals surface area contributed by atoms with Crippen LogP contribution in [-0.4, -0.2) is 41.0 Å². The van der Waals surface area contributed by atoms with E-state index >= 15 is 0 Å². The zero-order valence-corrected chi connectivity index (χ0v) is 13.4. The summed E-state index contributed by atoms with van der Waals surface area (Å²) in [6, 6.07) is 0. The minimum absolute atomic E-state index is 0.0367. The molecule has 0 atom stereocenters. The summed E-state index contributed by atoms with van der Waals surface area (Å²) in [6.07, 6.45) is 2.80. The fourth-order valence-electron chi connectivity index (χ4n) is 2.16. The largest absolute Gasteiger partial charge is 0.393 e. The molecule has 4 nitrogen and oxygen atoms in total. The molecular formula is C14H27N3OS. The molecule has 0 aliphatic carbocycles. The Morgan fingerprint density at radius 2 is 1.95 bits per heavy atom. The number of carbonyl (C=O) groups excluding carboxylic acids is 1. The Kier molecular flexibility index (Phi) is 5.33. The van der Waals surface area contributed by atoms with Gasteiger partial charge in [0.1, 0.15) is 0 Å². The van der Waals surface area contributed by atoms with E-state index in [4.69, 9.17) is 18.0 Å². The first-order chi connectivity index (χ1) is 8.68. The first-order valence-corrected chi connectivity index (χ1v) is 7.43. The van der Waals surface area contributed by atoms with Crippen molar-refractivity contribution >= 4 is 23.1 Å². The second-order valence-electron chi connectivity index (χ2n) is 6.49. The molecule has 1 aliphatic heterocycles. The zero-order chi connectivity index (χ0) is 14.7. The Labute approximate surface area is 122 Å². The van der Waals surface area contributed by atoms with E-state index in [2.05, 4.69) is 24.1 Å². The second-order valence-corrected chi connectivity index (χ2v) is 6.93. The maximum atomic E-state index is 12.0. The van der Waals surface area contributed by atoms with Crippen LogP contribution >= 0.6 is 12.2 Å². The van der Waals surface area contributed by atoms with Crippen molar-refractivity contribution in [1.29, 1.82) is 0 Å². The predicted molar refractivity (Wildman–Crippen MR) is 83.1 cm³/mol. The third kappa shape index (κ3) is 4.73. The fourth-order valence-corrected chi connectivity index (χ4v) is 2.36. The molecule has 1 aliphatic rings. The van der Waals surface area contributed by atoms with Crippen molar-refractivity contribution in [2.24, 2.45) is 11.1 Å². The second kappa shape index (κ2) is 6.18. The van der Waals surface area contributed by atoms with E-state index in [0.717, 1.165) is 32.4 Å². The first kappa shape index (κ1) is 16.4. The highest BCUT2D eigenvalue weighted by molar-refractivity contribution is 7.80. The van der Waals surface area contributed by atoms with Crippen molar-refractivity contribution in [1.82, 2.24) is 10.2 Å². The van der Waals surface area contributed by atoms with Gasteiger partial charge in [0.15, 0.2) is 0 Å². The Bertz CT molecular complexity index is 347. The third-order valence-electron chi connectivity index (χ3n) is 4.28. The van der Waals surface area contributed by atoms with Crippen LogP contribution in [0.5, 0.6) is 0 Å². The molecule has 0 aromatic rings. The molecule has 0 spiro atoms. The van der Waals surface area contributed by atoms with Crippen LogP contribution in [0.3, 0.4) is 0 Å². The van der Waals surface area contributed by atoms with Gasteiger partial charge in [-0.05, 0) is 46.2 Å². The Morgan fingerprint density at radius 3 is 2.37 bits per heavy atom. The minimum Gasteiger partial charge on any atom is -0.393 e. The molecule has 5 heteroatoms. The number of rotatable bonds is 5. The monoisotopic (exact) mass is 285 g/mol. The number of nitrogens with zero attached hydrogens (tertiary/aromatic N) is 1. The number of piperidine rings is 1. The number of hydrogen-bond donors (Lipinski definition) is 2. The molecule has 1 heterocycles. The summed E-state index contributed by atoms with van der Waals surface area (Å²) in [4.78, 5) is 14.8. The van der Waals surface area contributed by atoms with Crippen molar-refractivity contribution in [3.8, 4) is 0 Å². The van der Waals surface area contributed by atoms with Crippen molar-refractivity contribution in [2.45, 2.75) is 52.5 Å². The van der Waals surface area contributed by atoms with Gasteiger partial charge in [-0.2, -0.15) is 0 Å². The Hall–Kier alpha value is -0.680. The summed E-state index contributed by atoms with van der Waals surface area (Å²) < 4.78 is 0. The number of carbonyl (C=O) groups is 1. The molecule has 3 N–H and O–H groups in total. The lowest BCUT2D eigenvalue weighted by atomic mass is 9.80. The predicted octanol–water partition coefficient (Wildman–Crippen LogP) is 1.68. The number of amides is 1. The topological polar surface area (TPSA) is 58.4 Å². The Balaban J connectivity index is 2.41. The van der Waals surface area contributed by atoms with Gasteiger partial charge in [0.2, 0.25) is 5.91 Å². The van der Waals surface area contributed by atoms with E-state index in [1.165, 1.54) is 0 Å². The highest BCUT2D eigenvalue weighted by Crippen LogP contribution is 2.30. The number of hydrogen-bond acceptors (Lipinski definition) is 3. The normalized spacial score (nSPS) is 20.0. The summed E-state index contributed by atoms with van der Waals surface area (Å²) in [5, 5.41) is 3.07. The molecule has 0 aromatic carbocycles. The van der Waals surface area contributed by atoms with Gasteiger partial charge in [-0.1, -0.05) is 26.1 Å². The van der Waals surface area contributed by atoms with Crippen LogP contribution in [0, 0.1) is 5.41 Å². The van der Waals surface area contributed by atoms with Gasteiger partial charge in [-0.25, -0.2) is 0 Å². The summed E-state index contributed by atoms with van der Waals surface area (Å²) in [5.74, 6) is 0.103. The molecule has 110 valence electrons. The average Bonchev–Trinajstić information content (AvgIpc) is 2.31. The lowest BCUT2D eigenvalue weighted by Gasteiger charge is -2.38. The van der Waals surface area contributed by atoms with E-state index < -0.39 is 0 Å². The molecule has 19 heavy (non-hydrogen) atoms. The molecule has 0 radical (unpaired) electrons. The highest BCUT2D eigenvalue weighted by Gasteiger charge is 2.33. The molecule has 1 amide bonds. The summed E-state index contributed by atoms with van der Waals surface area (Å²) in [7, 11) is 0. The summed E-state index contributed by atoms with van der Waals surface area (Å²) in [5.41, 5.74) is 5.62. The molecule has 0 saturated carbocycles. The fraction of sp³-hybridized carbons (Fsp3) is 0.857. The number of nitrogens with one attached hydrogen (secondary N) is 1. The van der Waals surface area contributed by atoms with Gasteiger partial charge in [0.05, 0.1) is 11.5 Å². The lowest BCUT2D eigenvalue weighted by Crippen LogP contribution is -2.50. The summed E-state index contributed by atoms with van der Waals surface area (Å²) >= 11 is 5.12. The smallest absolute Gasteiger partial charge is 0.234 e. The minimum atomic E-state index is -0.125. The van der Waals surface area contributed by atoms with Gasteiger partial charge < -0.3 is 11.1 Å². The molecule has 1 saturated heterocycles. The quantitative estimate of drug-likeness (QED) is 0.755. The van der Waals surface area contributed by atoms with Crippen molar-refractivity contribution < 1.29 is 4.79 Å².